The van der Waals surface area contributed by atoms with E-state index in [4.69, 9.17) is 26.1 Å². The van der Waals surface area contributed by atoms with Crippen molar-refractivity contribution < 1.29 is 22.7 Å². The molecule has 2 aliphatic heterocycles. The van der Waals surface area contributed by atoms with Crippen molar-refractivity contribution >= 4 is 54.2 Å². The Morgan fingerprint density at radius 2 is 1.92 bits per heavy atom. The number of methoxy groups -OCH3 is 1. The van der Waals surface area contributed by atoms with Gasteiger partial charge in [-0.3, -0.25) is 14.6 Å². The Balaban J connectivity index is 1.49. The summed E-state index contributed by atoms with van der Waals surface area (Å²) in [5.41, 5.74) is 1.55. The molecule has 12 heteroatoms. The minimum absolute atomic E-state index is 0.194. The van der Waals surface area contributed by atoms with E-state index < -0.39 is 16.1 Å². The predicted octanol–water partition coefficient (Wildman–Crippen LogP) is 3.79. The summed E-state index contributed by atoms with van der Waals surface area (Å²) in [6.45, 7) is 6.03. The van der Waals surface area contributed by atoms with Crippen LogP contribution in [0.2, 0.25) is 5.02 Å². The maximum absolute atomic E-state index is 14.2. The predicted molar refractivity (Wildman–Crippen MR) is 149 cm³/mol. The van der Waals surface area contributed by atoms with E-state index in [0.717, 1.165) is 23.4 Å². The van der Waals surface area contributed by atoms with Gasteiger partial charge in [-0.2, -0.15) is 4.31 Å². The molecule has 1 aromatic heterocycles. The topological polar surface area (TPSA) is 92.3 Å². The fraction of sp³-hybridized carbons (Fsp3) is 0.462. The molecule has 38 heavy (non-hydrogen) atoms. The van der Waals surface area contributed by atoms with Crippen molar-refractivity contribution in [3.8, 4) is 5.75 Å². The number of benzene rings is 2. The summed E-state index contributed by atoms with van der Waals surface area (Å²) >= 11 is 7.79. The van der Waals surface area contributed by atoms with E-state index in [1.165, 1.54) is 15.6 Å². The lowest BCUT2D eigenvalue weighted by atomic mass is 10.2. The maximum Gasteiger partial charge on any atom is 0.247 e. The van der Waals surface area contributed by atoms with E-state index in [9.17, 15) is 13.2 Å². The first-order valence-corrected chi connectivity index (χ1v) is 15.3. The van der Waals surface area contributed by atoms with Gasteiger partial charge < -0.3 is 9.47 Å². The van der Waals surface area contributed by atoms with Gasteiger partial charge in [-0.1, -0.05) is 40.6 Å². The molecule has 3 heterocycles. The molecule has 3 aromatic rings. The third-order valence-electron chi connectivity index (χ3n) is 7.02. The van der Waals surface area contributed by atoms with E-state index >= 15 is 0 Å². The molecule has 204 valence electrons. The number of aromatic nitrogens is 1. The first-order chi connectivity index (χ1) is 18.3. The number of ether oxygens (including phenoxy) is 2. The van der Waals surface area contributed by atoms with E-state index in [2.05, 4.69) is 4.90 Å². The van der Waals surface area contributed by atoms with Crippen molar-refractivity contribution in [3.05, 3.63) is 47.0 Å². The van der Waals surface area contributed by atoms with Crippen LogP contribution in [0.3, 0.4) is 0 Å². The zero-order chi connectivity index (χ0) is 26.9. The third-order valence-corrected chi connectivity index (χ3v) is 10.5. The van der Waals surface area contributed by atoms with Gasteiger partial charge >= 0.3 is 0 Å². The Kier molecular flexibility index (Phi) is 8.22. The van der Waals surface area contributed by atoms with Gasteiger partial charge in [0.2, 0.25) is 15.9 Å². The summed E-state index contributed by atoms with van der Waals surface area (Å²) in [6, 6.07) is 9.43. The van der Waals surface area contributed by atoms with E-state index in [1.54, 1.807) is 48.4 Å². The van der Waals surface area contributed by atoms with Gasteiger partial charge in [-0.15, -0.1) is 0 Å². The molecule has 2 fully saturated rings. The second-order valence-corrected chi connectivity index (χ2v) is 12.7. The summed E-state index contributed by atoms with van der Waals surface area (Å²) in [7, 11) is -2.28. The van der Waals surface area contributed by atoms with E-state index in [-0.39, 0.29) is 10.8 Å². The fourth-order valence-corrected chi connectivity index (χ4v) is 7.83. The average Bonchev–Trinajstić information content (AvgIpc) is 3.59. The van der Waals surface area contributed by atoms with Gasteiger partial charge in [0.05, 0.1) is 34.9 Å². The van der Waals surface area contributed by atoms with Gasteiger partial charge in [0.15, 0.2) is 5.13 Å². The first-order valence-electron chi connectivity index (χ1n) is 12.6. The number of rotatable bonds is 8. The zero-order valence-electron chi connectivity index (χ0n) is 21.4. The van der Waals surface area contributed by atoms with Crippen molar-refractivity contribution in [2.45, 2.75) is 30.7 Å². The lowest BCUT2D eigenvalue weighted by molar-refractivity contribution is -0.121. The van der Waals surface area contributed by atoms with Crippen LogP contribution >= 0.6 is 22.9 Å². The standard InChI is InChI=1S/C26H31ClN4O5S2/c1-18-5-7-19(8-6-18)38(33,34)31-11-3-4-21(31)25(32)30(13-12-29-14-16-36-17-15-29)26-28-23-22(35-2)10-9-20(27)24(23)37-26/h5-10,21H,3-4,11-17H2,1-2H3. The number of amides is 1. The van der Waals surface area contributed by atoms with Crippen LogP contribution < -0.4 is 9.64 Å². The maximum atomic E-state index is 14.2. The number of fused-ring (bicyclic) bond motifs is 1. The second kappa shape index (κ2) is 11.4. The van der Waals surface area contributed by atoms with Crippen LogP contribution in [-0.2, 0) is 19.6 Å². The molecular formula is C26H31ClN4O5S2. The molecule has 0 N–H and O–H groups in total. The van der Waals surface area contributed by atoms with Crippen molar-refractivity contribution in [1.82, 2.24) is 14.2 Å². The van der Waals surface area contributed by atoms with Crippen molar-refractivity contribution in [2.75, 3.05) is 57.9 Å². The molecule has 1 amide bonds. The molecule has 0 aliphatic carbocycles. The Bertz CT molecular complexity index is 1410. The average molecular weight is 579 g/mol. The molecule has 2 aromatic carbocycles. The number of hydrogen-bond acceptors (Lipinski definition) is 8. The van der Waals surface area contributed by atoms with Gasteiger partial charge in [-0.05, 0) is 44.0 Å². The van der Waals surface area contributed by atoms with Crippen LogP contribution in [0.5, 0.6) is 5.75 Å². The monoisotopic (exact) mass is 578 g/mol. The Morgan fingerprint density at radius 3 is 2.63 bits per heavy atom. The van der Waals surface area contributed by atoms with Gasteiger partial charge in [0.25, 0.3) is 0 Å². The Morgan fingerprint density at radius 1 is 1.18 bits per heavy atom. The number of carbonyl (C=O) groups is 1. The highest BCUT2D eigenvalue weighted by atomic mass is 35.5. The summed E-state index contributed by atoms with van der Waals surface area (Å²) < 4.78 is 40.2. The smallest absolute Gasteiger partial charge is 0.247 e. The van der Waals surface area contributed by atoms with Crippen molar-refractivity contribution in [3.63, 3.8) is 0 Å². The van der Waals surface area contributed by atoms with Gasteiger partial charge in [0.1, 0.15) is 17.3 Å². The Hall–Kier alpha value is -2.28. The molecule has 2 aliphatic rings. The lowest BCUT2D eigenvalue weighted by Gasteiger charge is -2.31. The molecule has 0 bridgehead atoms. The number of aryl methyl sites for hydroxylation is 1. The summed E-state index contributed by atoms with van der Waals surface area (Å²) in [4.78, 5) is 23.0. The van der Waals surface area contributed by atoms with E-state index in [1.807, 2.05) is 6.92 Å². The highest BCUT2D eigenvalue weighted by Gasteiger charge is 2.42. The molecule has 5 rings (SSSR count). The number of thiazole rings is 1. The number of nitrogens with zero attached hydrogens (tertiary/aromatic N) is 4. The van der Waals surface area contributed by atoms with Gasteiger partial charge in [0, 0.05) is 32.7 Å². The van der Waals surface area contributed by atoms with Crippen LogP contribution in [0.25, 0.3) is 10.2 Å². The molecule has 0 spiro atoms. The minimum atomic E-state index is -3.84. The summed E-state index contributed by atoms with van der Waals surface area (Å²) in [5, 5.41) is 0.999. The quantitative estimate of drug-likeness (QED) is 0.401. The van der Waals surface area contributed by atoms with Crippen LogP contribution in [0.4, 0.5) is 5.13 Å². The van der Waals surface area contributed by atoms with Crippen molar-refractivity contribution in [2.24, 2.45) is 0 Å². The second-order valence-electron chi connectivity index (χ2n) is 9.45. The number of morpholine rings is 1. The van der Waals surface area contributed by atoms with Crippen LogP contribution in [-0.4, -0.2) is 87.6 Å². The van der Waals surface area contributed by atoms with E-state index in [0.29, 0.717) is 67.1 Å². The largest absolute Gasteiger partial charge is 0.494 e. The first kappa shape index (κ1) is 27.3. The zero-order valence-corrected chi connectivity index (χ0v) is 23.8. The minimum Gasteiger partial charge on any atom is -0.494 e. The fourth-order valence-electron chi connectivity index (χ4n) is 4.89. The molecular weight excluding hydrogens is 548 g/mol. The number of hydrogen-bond donors (Lipinski definition) is 0. The third kappa shape index (κ3) is 5.41. The molecule has 9 nitrogen and oxygen atoms in total. The number of sulfonamides is 1. The summed E-state index contributed by atoms with van der Waals surface area (Å²) in [5.74, 6) is 0.289. The Labute approximate surface area is 231 Å². The normalized spacial score (nSPS) is 19.2. The number of halogens is 1. The SMILES string of the molecule is COc1ccc(Cl)c2sc(N(CCN3CCOCC3)C(=O)C3CCCN3S(=O)(=O)c3ccc(C)cc3)nc12. The molecule has 1 unspecified atom stereocenters. The van der Waals surface area contributed by atoms with Crippen LogP contribution in [0, 0.1) is 6.92 Å². The lowest BCUT2D eigenvalue weighted by Crippen LogP contribution is -2.50. The van der Waals surface area contributed by atoms with Crippen LogP contribution in [0.15, 0.2) is 41.3 Å². The number of anilines is 1. The van der Waals surface area contributed by atoms with Gasteiger partial charge in [-0.25, -0.2) is 13.4 Å². The number of carbonyl (C=O) groups excluding carboxylic acids is 1. The van der Waals surface area contributed by atoms with Crippen molar-refractivity contribution in [1.29, 1.82) is 0 Å². The van der Waals surface area contributed by atoms with Crippen LogP contribution in [0.1, 0.15) is 18.4 Å². The highest BCUT2D eigenvalue weighted by molar-refractivity contribution is 7.89. The molecule has 0 saturated carbocycles. The summed E-state index contributed by atoms with van der Waals surface area (Å²) in [6.07, 6.45) is 1.06. The molecule has 2 saturated heterocycles. The molecule has 0 radical (unpaired) electrons. The molecule has 1 atom stereocenters. The highest BCUT2D eigenvalue weighted by Crippen LogP contribution is 2.39.